The van der Waals surface area contributed by atoms with Crippen molar-refractivity contribution in [3.05, 3.63) is 31.3 Å². The first-order valence-electron chi connectivity index (χ1n) is 3.13. The number of hydrogen-bond donors (Lipinski definition) is 0. The van der Waals surface area contributed by atoms with Crippen LogP contribution in [0.15, 0.2) is 21.2 Å². The van der Waals surface area contributed by atoms with Crippen molar-refractivity contribution in [2.45, 2.75) is 11.4 Å². The number of nitro groups is 1. The molecular weight excluding hydrogens is 260 g/mol. The van der Waals surface area contributed by atoms with E-state index in [0.717, 1.165) is 0 Å². The first kappa shape index (κ1) is 11.1. The van der Waals surface area contributed by atoms with E-state index in [1.807, 2.05) is 0 Å². The second-order valence-electron chi connectivity index (χ2n) is 2.44. The maximum atomic E-state index is 10.6. The van der Waals surface area contributed by atoms with Gasteiger partial charge in [-0.1, -0.05) is 34.8 Å². The first-order chi connectivity index (χ1) is 5.88. The van der Waals surface area contributed by atoms with Gasteiger partial charge in [-0.15, -0.1) is 0 Å². The van der Waals surface area contributed by atoms with E-state index in [1.165, 1.54) is 6.08 Å². The maximum absolute atomic E-state index is 10.6. The third kappa shape index (κ3) is 1.94. The van der Waals surface area contributed by atoms with Crippen molar-refractivity contribution >= 4 is 46.4 Å². The summed E-state index contributed by atoms with van der Waals surface area (Å²) in [5.74, 6) is 0. The highest BCUT2D eigenvalue weighted by Crippen LogP contribution is 2.42. The number of halogens is 4. The Balaban J connectivity index is 3.13. The smallest absolute Gasteiger partial charge is 0.262 e. The summed E-state index contributed by atoms with van der Waals surface area (Å²) in [7, 11) is 0. The van der Waals surface area contributed by atoms with Gasteiger partial charge in [-0.3, -0.25) is 10.1 Å². The SMILES string of the molecule is O=[N+]([O-])C1(Cl)CC(Cl)=C(Cl)C=C1Cl. The summed E-state index contributed by atoms with van der Waals surface area (Å²) in [6.45, 7) is 0. The van der Waals surface area contributed by atoms with Gasteiger partial charge in [0.2, 0.25) is 0 Å². The van der Waals surface area contributed by atoms with Gasteiger partial charge in [-0.05, 0) is 17.7 Å². The van der Waals surface area contributed by atoms with Gasteiger partial charge >= 0.3 is 5.00 Å². The number of allylic oxidation sites excluding steroid dienone is 2. The lowest BCUT2D eigenvalue weighted by molar-refractivity contribution is -0.528. The van der Waals surface area contributed by atoms with Crippen LogP contribution < -0.4 is 0 Å². The molecule has 0 radical (unpaired) electrons. The van der Waals surface area contributed by atoms with E-state index < -0.39 is 9.92 Å². The number of alkyl halides is 1. The van der Waals surface area contributed by atoms with Crippen LogP contribution in [-0.4, -0.2) is 9.92 Å². The zero-order chi connectivity index (χ0) is 10.2. The van der Waals surface area contributed by atoms with Crippen molar-refractivity contribution in [2.75, 3.05) is 0 Å². The van der Waals surface area contributed by atoms with Gasteiger partial charge in [0, 0.05) is 9.96 Å². The summed E-state index contributed by atoms with van der Waals surface area (Å²) in [5, 5.41) is 10.8. The van der Waals surface area contributed by atoms with E-state index in [4.69, 9.17) is 46.4 Å². The van der Waals surface area contributed by atoms with Crippen LogP contribution in [0.3, 0.4) is 0 Å². The van der Waals surface area contributed by atoms with E-state index in [1.54, 1.807) is 0 Å². The van der Waals surface area contributed by atoms with Crippen LogP contribution in [0.25, 0.3) is 0 Å². The molecule has 1 aliphatic carbocycles. The molecule has 1 rings (SSSR count). The molecule has 0 saturated heterocycles. The molecule has 0 aromatic carbocycles. The third-order valence-electron chi connectivity index (χ3n) is 1.56. The van der Waals surface area contributed by atoms with Gasteiger partial charge in [0.05, 0.1) is 11.5 Å². The van der Waals surface area contributed by atoms with Gasteiger partial charge in [0.15, 0.2) is 0 Å². The molecule has 7 heteroatoms. The molecule has 0 amide bonds. The zero-order valence-electron chi connectivity index (χ0n) is 6.06. The Morgan fingerprint density at radius 3 is 2.46 bits per heavy atom. The molecule has 72 valence electrons. The van der Waals surface area contributed by atoms with Gasteiger partial charge in [0.1, 0.15) is 5.03 Å². The maximum Gasteiger partial charge on any atom is 0.335 e. The molecule has 1 unspecified atom stereocenters. The standard InChI is InChI=1S/C6H3Cl4NO2/c7-3-1-5(9)6(10,11(12)13)2-4(3)8/h1H,2H2. The number of nitrogens with zero attached hydrogens (tertiary/aromatic N) is 1. The number of rotatable bonds is 1. The van der Waals surface area contributed by atoms with Crippen molar-refractivity contribution in [1.29, 1.82) is 0 Å². The third-order valence-corrected chi connectivity index (χ3v) is 3.32. The molecule has 0 heterocycles. The van der Waals surface area contributed by atoms with E-state index >= 15 is 0 Å². The van der Waals surface area contributed by atoms with Gasteiger partial charge < -0.3 is 0 Å². The summed E-state index contributed by atoms with van der Waals surface area (Å²) in [6.07, 6.45) is 0.988. The van der Waals surface area contributed by atoms with Crippen LogP contribution in [0.4, 0.5) is 0 Å². The van der Waals surface area contributed by atoms with Crippen LogP contribution in [0.5, 0.6) is 0 Å². The van der Waals surface area contributed by atoms with Crippen LogP contribution in [0.2, 0.25) is 0 Å². The predicted molar refractivity (Wildman–Crippen MR) is 52.9 cm³/mol. The Labute approximate surface area is 94.0 Å². The molecule has 3 nitrogen and oxygen atoms in total. The average molecular weight is 263 g/mol. The molecule has 0 aliphatic heterocycles. The highest BCUT2D eigenvalue weighted by molar-refractivity contribution is 6.45. The molecule has 1 aliphatic rings. The minimum atomic E-state index is -1.86. The van der Waals surface area contributed by atoms with E-state index in [9.17, 15) is 10.1 Å². The van der Waals surface area contributed by atoms with Crippen LogP contribution in [-0.2, 0) is 0 Å². The van der Waals surface area contributed by atoms with Crippen LogP contribution >= 0.6 is 46.4 Å². The highest BCUT2D eigenvalue weighted by atomic mass is 35.5. The lowest BCUT2D eigenvalue weighted by Gasteiger charge is -2.20. The Morgan fingerprint density at radius 2 is 2.00 bits per heavy atom. The van der Waals surface area contributed by atoms with Crippen molar-refractivity contribution in [2.24, 2.45) is 0 Å². The quantitative estimate of drug-likeness (QED) is 0.315. The van der Waals surface area contributed by atoms with Crippen LogP contribution in [0.1, 0.15) is 6.42 Å². The second-order valence-corrected chi connectivity index (χ2v) is 4.33. The lowest BCUT2D eigenvalue weighted by atomic mass is 10.1. The minimum Gasteiger partial charge on any atom is -0.262 e. The Hall–Kier alpha value is 0.0400. The molecule has 0 N–H and O–H groups in total. The Kier molecular flexibility index (Phi) is 3.12. The van der Waals surface area contributed by atoms with E-state index in [2.05, 4.69) is 0 Å². The molecule has 0 spiro atoms. The molecule has 0 bridgehead atoms. The normalized spacial score (nSPS) is 28.8. The predicted octanol–water partition coefficient (Wildman–Crippen LogP) is 3.41. The second kappa shape index (κ2) is 3.65. The van der Waals surface area contributed by atoms with Gasteiger partial charge in [-0.25, -0.2) is 0 Å². The molecule has 0 aromatic heterocycles. The van der Waals surface area contributed by atoms with Gasteiger partial charge in [0.25, 0.3) is 0 Å². The fourth-order valence-corrected chi connectivity index (χ4v) is 1.81. The van der Waals surface area contributed by atoms with E-state index in [-0.39, 0.29) is 21.5 Å². The summed E-state index contributed by atoms with van der Waals surface area (Å²) in [5.41, 5.74) is 0. The summed E-state index contributed by atoms with van der Waals surface area (Å²) in [6, 6.07) is 0. The first-order valence-corrected chi connectivity index (χ1v) is 4.64. The molecule has 0 aromatic rings. The summed E-state index contributed by atoms with van der Waals surface area (Å²) in [4.78, 5) is 8.00. The van der Waals surface area contributed by atoms with Crippen LogP contribution in [0, 0.1) is 10.1 Å². The topological polar surface area (TPSA) is 43.1 Å². The van der Waals surface area contributed by atoms with Crippen molar-refractivity contribution in [3.63, 3.8) is 0 Å². The van der Waals surface area contributed by atoms with E-state index in [0.29, 0.717) is 0 Å². The molecule has 0 saturated carbocycles. The van der Waals surface area contributed by atoms with Crippen molar-refractivity contribution < 1.29 is 4.92 Å². The molecule has 0 fully saturated rings. The summed E-state index contributed by atoms with van der Waals surface area (Å²) >= 11 is 22.4. The fraction of sp³-hybridized carbons (Fsp3) is 0.333. The fourth-order valence-electron chi connectivity index (χ4n) is 0.826. The monoisotopic (exact) mass is 261 g/mol. The molecular formula is C6H3Cl4NO2. The lowest BCUT2D eigenvalue weighted by Crippen LogP contribution is -2.34. The number of hydrogen-bond acceptors (Lipinski definition) is 2. The zero-order valence-corrected chi connectivity index (χ0v) is 9.08. The molecule has 13 heavy (non-hydrogen) atoms. The Bertz CT molecular complexity index is 325. The average Bonchev–Trinajstić information content (AvgIpc) is 2.01. The van der Waals surface area contributed by atoms with Crippen molar-refractivity contribution in [1.82, 2.24) is 0 Å². The Morgan fingerprint density at radius 1 is 1.46 bits per heavy atom. The largest absolute Gasteiger partial charge is 0.335 e. The molecule has 1 atom stereocenters. The highest BCUT2D eigenvalue weighted by Gasteiger charge is 2.47. The van der Waals surface area contributed by atoms with Gasteiger partial charge in [-0.2, -0.15) is 0 Å². The summed E-state index contributed by atoms with van der Waals surface area (Å²) < 4.78 is 0. The van der Waals surface area contributed by atoms with Crippen molar-refractivity contribution in [3.8, 4) is 0 Å². The minimum absolute atomic E-state index is 0.131.